The van der Waals surface area contributed by atoms with Gasteiger partial charge in [-0.1, -0.05) is 175 Å². The molecule has 3 unspecified atom stereocenters. The van der Waals surface area contributed by atoms with Gasteiger partial charge in [-0.2, -0.15) is 0 Å². The summed E-state index contributed by atoms with van der Waals surface area (Å²) in [5.74, 6) is -1.19. The summed E-state index contributed by atoms with van der Waals surface area (Å²) in [7, 11) is 0. The van der Waals surface area contributed by atoms with Gasteiger partial charge in [0, 0.05) is 6.92 Å². The summed E-state index contributed by atoms with van der Waals surface area (Å²) in [6.07, 6.45) is 12.1. The van der Waals surface area contributed by atoms with Crippen LogP contribution in [-0.4, -0.2) is 73.9 Å². The van der Waals surface area contributed by atoms with E-state index in [9.17, 15) is 4.79 Å². The van der Waals surface area contributed by atoms with Gasteiger partial charge < -0.3 is 43.6 Å². The second-order valence-corrected chi connectivity index (χ2v) is 16.9. The van der Waals surface area contributed by atoms with Crippen LogP contribution in [0.15, 0.2) is 91.0 Å². The summed E-state index contributed by atoms with van der Waals surface area (Å²) in [5, 5.41) is 0. The van der Waals surface area contributed by atoms with Gasteiger partial charge >= 0.3 is 5.97 Å². The molecular weight excluding hydrogens is 759 g/mol. The van der Waals surface area contributed by atoms with Gasteiger partial charge in [0.2, 0.25) is 0 Å². The van der Waals surface area contributed by atoms with Crippen LogP contribution in [-0.2, 0) is 62.5 Å². The van der Waals surface area contributed by atoms with Crippen molar-refractivity contribution in [2.75, 3.05) is 13.2 Å². The number of esters is 1. The van der Waals surface area contributed by atoms with Gasteiger partial charge in [-0.25, -0.2) is 0 Å². The molecule has 2 saturated heterocycles. The lowest BCUT2D eigenvalue weighted by Gasteiger charge is -2.46. The van der Waals surface area contributed by atoms with Crippen molar-refractivity contribution in [3.05, 3.63) is 108 Å². The van der Waals surface area contributed by atoms with Crippen molar-refractivity contribution in [2.24, 2.45) is 5.73 Å². The zero-order valence-electron chi connectivity index (χ0n) is 36.8. The Bertz CT molecular complexity index is 1580. The van der Waals surface area contributed by atoms with Gasteiger partial charge in [0.25, 0.3) is 0 Å². The van der Waals surface area contributed by atoms with E-state index < -0.39 is 48.5 Å². The first kappa shape index (κ1) is 47.9. The second-order valence-electron chi connectivity index (χ2n) is 16.9. The highest BCUT2D eigenvalue weighted by Gasteiger charge is 2.50. The quantitative estimate of drug-likeness (QED) is 0.0560. The molecule has 2 fully saturated rings. The molecule has 0 amide bonds. The number of ether oxygens (including phenoxy) is 8. The van der Waals surface area contributed by atoms with Crippen molar-refractivity contribution in [2.45, 2.75) is 186 Å². The standard InChI is InChI=1S/C50H73NO9/c1-5-6-7-8-9-10-11-12-13-14-15-25-32-43-45(60-50(3,4)59-43)42(51)36-57-49-48(56-35-41-30-23-18-24-31-41)47(55-34-40-28-21-17-22-29-40)46(44(58-49)37-53-38(2)52)54-33-39-26-19-16-20-27-39/h16-24,26-31,42-49H,5-15,25,32-37,51H2,1-4H3/t42-,43?,44?,45-,46-,47-,48?,49-/m0/s1. The number of carbonyl (C=O) groups excluding carboxylic acids is 1. The Morgan fingerprint density at radius 3 is 1.58 bits per heavy atom. The van der Waals surface area contributed by atoms with Crippen molar-refractivity contribution in [1.29, 1.82) is 0 Å². The predicted octanol–water partition coefficient (Wildman–Crippen LogP) is 9.99. The summed E-state index contributed by atoms with van der Waals surface area (Å²) in [6.45, 7) is 8.43. The van der Waals surface area contributed by atoms with Gasteiger partial charge in [0.15, 0.2) is 12.1 Å². The minimum Gasteiger partial charge on any atom is -0.463 e. The van der Waals surface area contributed by atoms with Crippen LogP contribution in [0.5, 0.6) is 0 Å². The molecule has 60 heavy (non-hydrogen) atoms. The highest BCUT2D eigenvalue weighted by molar-refractivity contribution is 5.65. The molecule has 8 atom stereocenters. The van der Waals surface area contributed by atoms with Crippen LogP contribution in [0.2, 0.25) is 0 Å². The molecule has 10 nitrogen and oxygen atoms in total. The topological polar surface area (TPSA) is 117 Å². The molecule has 3 aromatic rings. The number of carbonyl (C=O) groups is 1. The Labute approximate surface area is 360 Å². The summed E-state index contributed by atoms with van der Waals surface area (Å²) in [4.78, 5) is 12.2. The molecular formula is C50H73NO9. The molecule has 3 aromatic carbocycles. The number of benzene rings is 3. The molecule has 332 valence electrons. The van der Waals surface area contributed by atoms with Gasteiger partial charge in [-0.05, 0) is 37.0 Å². The lowest BCUT2D eigenvalue weighted by Crippen LogP contribution is -2.62. The summed E-state index contributed by atoms with van der Waals surface area (Å²) in [5.41, 5.74) is 9.90. The van der Waals surface area contributed by atoms with E-state index in [1.54, 1.807) is 0 Å². The monoisotopic (exact) mass is 832 g/mol. The SMILES string of the molecule is CCCCCCCCCCCCCCC1OC(C)(C)O[C@H]1[C@@H](N)CO[C@H]1OC(COC(C)=O)[C@H](OCc2ccccc2)[C@H](OCc2ccccc2)C1OCc1ccccc1. The maximum atomic E-state index is 12.2. The smallest absolute Gasteiger partial charge is 0.302 e. The Morgan fingerprint density at radius 1 is 0.617 bits per heavy atom. The zero-order chi connectivity index (χ0) is 42.4. The lowest BCUT2D eigenvalue weighted by atomic mass is 9.97. The maximum Gasteiger partial charge on any atom is 0.302 e. The van der Waals surface area contributed by atoms with Crippen molar-refractivity contribution in [1.82, 2.24) is 0 Å². The van der Waals surface area contributed by atoms with Crippen LogP contribution < -0.4 is 5.73 Å². The van der Waals surface area contributed by atoms with Gasteiger partial charge in [-0.15, -0.1) is 0 Å². The first-order valence-electron chi connectivity index (χ1n) is 22.7. The molecule has 0 aliphatic carbocycles. The van der Waals surface area contributed by atoms with Crippen LogP contribution >= 0.6 is 0 Å². The van der Waals surface area contributed by atoms with Crippen LogP contribution in [0.25, 0.3) is 0 Å². The molecule has 2 aliphatic heterocycles. The Hall–Kier alpha value is -3.19. The number of nitrogens with two attached hydrogens (primary N) is 1. The third-order valence-corrected chi connectivity index (χ3v) is 11.3. The second kappa shape index (κ2) is 26.3. The molecule has 0 spiro atoms. The fourth-order valence-corrected chi connectivity index (χ4v) is 8.15. The molecule has 2 aliphatic rings. The van der Waals surface area contributed by atoms with Crippen molar-refractivity contribution in [3.63, 3.8) is 0 Å². The van der Waals surface area contributed by atoms with E-state index in [1.807, 2.05) is 105 Å². The summed E-state index contributed by atoms with van der Waals surface area (Å²) < 4.78 is 51.9. The predicted molar refractivity (Wildman–Crippen MR) is 234 cm³/mol. The largest absolute Gasteiger partial charge is 0.463 e. The Morgan fingerprint density at radius 2 is 1.08 bits per heavy atom. The average molecular weight is 832 g/mol. The fourth-order valence-electron chi connectivity index (χ4n) is 8.15. The Balaban J connectivity index is 1.27. The number of rotatable bonds is 28. The van der Waals surface area contributed by atoms with Crippen molar-refractivity contribution in [3.8, 4) is 0 Å². The van der Waals surface area contributed by atoms with Crippen molar-refractivity contribution >= 4 is 5.97 Å². The minimum absolute atomic E-state index is 0.0633. The molecule has 2 heterocycles. The van der Waals surface area contributed by atoms with Crippen LogP contribution in [0.3, 0.4) is 0 Å². The third kappa shape index (κ3) is 16.6. The normalized spacial score (nSPS) is 24.3. The molecule has 0 bridgehead atoms. The van der Waals surface area contributed by atoms with E-state index in [2.05, 4.69) is 6.92 Å². The molecule has 0 radical (unpaired) electrons. The molecule has 0 saturated carbocycles. The maximum absolute atomic E-state index is 12.2. The number of hydrogen-bond donors (Lipinski definition) is 1. The molecule has 10 heteroatoms. The van der Waals surface area contributed by atoms with Gasteiger partial charge in [-0.3, -0.25) is 4.79 Å². The molecule has 0 aromatic heterocycles. The van der Waals surface area contributed by atoms with E-state index >= 15 is 0 Å². The van der Waals surface area contributed by atoms with E-state index in [0.717, 1.165) is 36.0 Å². The molecule has 2 N–H and O–H groups in total. The average Bonchev–Trinajstić information content (AvgIpc) is 3.58. The van der Waals surface area contributed by atoms with Crippen LogP contribution in [0.4, 0.5) is 0 Å². The summed E-state index contributed by atoms with van der Waals surface area (Å²) >= 11 is 0. The van der Waals surface area contributed by atoms with Crippen LogP contribution in [0.1, 0.15) is 128 Å². The van der Waals surface area contributed by atoms with E-state index in [4.69, 9.17) is 43.6 Å². The van der Waals surface area contributed by atoms with E-state index in [0.29, 0.717) is 0 Å². The Kier molecular flexibility index (Phi) is 21.0. The first-order chi connectivity index (χ1) is 29.2. The summed E-state index contributed by atoms with van der Waals surface area (Å²) in [6, 6.07) is 29.3. The highest BCUT2D eigenvalue weighted by Crippen LogP contribution is 2.35. The number of hydrogen-bond acceptors (Lipinski definition) is 10. The van der Waals surface area contributed by atoms with Gasteiger partial charge in [0.05, 0.1) is 38.6 Å². The molecule has 5 rings (SSSR count). The van der Waals surface area contributed by atoms with Crippen molar-refractivity contribution < 1.29 is 42.7 Å². The third-order valence-electron chi connectivity index (χ3n) is 11.3. The number of unbranched alkanes of at least 4 members (excludes halogenated alkanes) is 11. The lowest BCUT2D eigenvalue weighted by molar-refractivity contribution is -0.328. The highest BCUT2D eigenvalue weighted by atomic mass is 16.8. The van der Waals surface area contributed by atoms with Gasteiger partial charge in [0.1, 0.15) is 37.1 Å². The van der Waals surface area contributed by atoms with E-state index in [1.165, 1.54) is 71.1 Å². The van der Waals surface area contributed by atoms with E-state index in [-0.39, 0.29) is 45.2 Å². The minimum atomic E-state index is -0.942. The zero-order valence-corrected chi connectivity index (χ0v) is 36.8. The first-order valence-corrected chi connectivity index (χ1v) is 22.7. The fraction of sp³-hybridized carbons (Fsp3) is 0.620. The van der Waals surface area contributed by atoms with Crippen LogP contribution in [0, 0.1) is 0 Å².